The minimum atomic E-state index is -1.91. The van der Waals surface area contributed by atoms with Crippen LogP contribution < -0.4 is 4.90 Å². The van der Waals surface area contributed by atoms with Crippen LogP contribution in [0, 0.1) is 0 Å². The fourth-order valence-electron chi connectivity index (χ4n) is 3.09. The highest BCUT2D eigenvalue weighted by Gasteiger charge is 2.51. The van der Waals surface area contributed by atoms with E-state index in [-0.39, 0.29) is 10.6 Å². The van der Waals surface area contributed by atoms with E-state index in [1.54, 1.807) is 31.2 Å². The Hall–Kier alpha value is -2.10. The Morgan fingerprint density at radius 2 is 1.89 bits per heavy atom. The van der Waals surface area contributed by atoms with E-state index >= 15 is 0 Å². The van der Waals surface area contributed by atoms with E-state index in [0.717, 1.165) is 0 Å². The molecule has 142 valence electrons. The summed E-state index contributed by atoms with van der Waals surface area (Å²) < 4.78 is 0. The zero-order valence-corrected chi connectivity index (χ0v) is 17.1. The molecule has 0 heterocycles. The zero-order chi connectivity index (χ0) is 20.2. The second-order valence-electron chi connectivity index (χ2n) is 6.30. The van der Waals surface area contributed by atoms with E-state index in [1.165, 1.54) is 4.90 Å². The molecule has 1 fully saturated rings. The first kappa shape index (κ1) is 21.2. The van der Waals surface area contributed by atoms with Crippen LogP contribution in [0.25, 0.3) is 0 Å². The van der Waals surface area contributed by atoms with E-state index in [9.17, 15) is 9.59 Å². The number of ketones is 1. The maximum Gasteiger partial charge on any atom is 0.260 e. The Bertz CT molecular complexity index is 839. The maximum absolute atomic E-state index is 13.5. The van der Waals surface area contributed by atoms with Gasteiger partial charge in [0.15, 0.2) is 5.78 Å². The number of allylic oxidation sites excluding steroid dienone is 5. The fraction of sp³-hybridized carbons (Fsp3) is 0.273. The van der Waals surface area contributed by atoms with Crippen molar-refractivity contribution in [2.24, 2.45) is 0 Å². The van der Waals surface area contributed by atoms with Crippen molar-refractivity contribution in [1.29, 1.82) is 0 Å². The first-order chi connectivity index (χ1) is 12.8. The van der Waals surface area contributed by atoms with Crippen LogP contribution >= 0.6 is 23.2 Å². The predicted octanol–water partition coefficient (Wildman–Crippen LogP) is 5.56. The lowest BCUT2D eigenvalue weighted by atomic mass is 9.88. The predicted molar refractivity (Wildman–Crippen MR) is 113 cm³/mol. The molecule has 3 nitrogen and oxygen atoms in total. The molecule has 0 spiro atoms. The molecular formula is C22H23Cl2NO2. The number of halogens is 2. The molecule has 2 rings (SSSR count). The quantitative estimate of drug-likeness (QED) is 0.217. The summed E-state index contributed by atoms with van der Waals surface area (Å²) in [5.74, 6) is -1.09. The zero-order valence-electron chi connectivity index (χ0n) is 15.6. The van der Waals surface area contributed by atoms with Crippen LogP contribution in [-0.2, 0) is 9.59 Å². The van der Waals surface area contributed by atoms with Gasteiger partial charge in [-0.1, -0.05) is 60.6 Å². The van der Waals surface area contributed by atoms with Crippen LogP contribution in [0.5, 0.6) is 0 Å². The molecule has 0 N–H and O–H groups in total. The summed E-state index contributed by atoms with van der Waals surface area (Å²) in [5.41, 5.74) is 1.77. The summed E-state index contributed by atoms with van der Waals surface area (Å²) in [6.45, 7) is 11.9. The molecular weight excluding hydrogens is 381 g/mol. The first-order valence-electron chi connectivity index (χ1n) is 8.78. The van der Waals surface area contributed by atoms with Crippen molar-refractivity contribution in [2.75, 3.05) is 11.4 Å². The average Bonchev–Trinajstić information content (AvgIpc) is 2.74. The Balaban J connectivity index is 2.61. The van der Waals surface area contributed by atoms with Crippen molar-refractivity contribution in [3.05, 3.63) is 77.4 Å². The van der Waals surface area contributed by atoms with Crippen LogP contribution in [-0.4, -0.2) is 23.1 Å². The van der Waals surface area contributed by atoms with Crippen LogP contribution in [0.2, 0.25) is 0 Å². The normalized spacial score (nSPS) is 22.7. The molecule has 1 saturated carbocycles. The molecule has 1 aromatic carbocycles. The molecule has 0 aliphatic heterocycles. The SMILES string of the molecule is C=C1CCC(=C)C(Cl)(C(=O)N(CC)c2ccccc2)C(=O)/C1=C(Cl)/C=C\C. The molecule has 1 unspecified atom stereocenters. The van der Waals surface area contributed by atoms with Crippen LogP contribution in [0.3, 0.4) is 0 Å². The summed E-state index contributed by atoms with van der Waals surface area (Å²) in [4.78, 5) is 26.5. The van der Waals surface area contributed by atoms with Crippen LogP contribution in [0.1, 0.15) is 26.7 Å². The lowest BCUT2D eigenvalue weighted by Crippen LogP contribution is -2.51. The summed E-state index contributed by atoms with van der Waals surface area (Å²) in [5, 5.41) is 0.225. The molecule has 0 radical (unpaired) electrons. The minimum Gasteiger partial charge on any atom is -0.310 e. The van der Waals surface area contributed by atoms with Gasteiger partial charge < -0.3 is 4.90 Å². The second kappa shape index (κ2) is 8.73. The summed E-state index contributed by atoms with van der Waals surface area (Å²) in [6, 6.07) is 9.11. The smallest absolute Gasteiger partial charge is 0.260 e. The number of Topliss-reactive ketones (excluding diaryl/α,β-unsaturated/α-hetero) is 1. The molecule has 5 heteroatoms. The van der Waals surface area contributed by atoms with Gasteiger partial charge in [0.25, 0.3) is 5.91 Å². The third-order valence-corrected chi connectivity index (χ3v) is 5.50. The molecule has 1 amide bonds. The lowest BCUT2D eigenvalue weighted by Gasteiger charge is -2.32. The summed E-state index contributed by atoms with van der Waals surface area (Å²) in [6.07, 6.45) is 4.17. The number of hydrogen-bond acceptors (Lipinski definition) is 2. The minimum absolute atomic E-state index is 0.195. The van der Waals surface area contributed by atoms with E-state index in [0.29, 0.717) is 36.2 Å². The fourth-order valence-corrected chi connectivity index (χ4v) is 3.72. The Labute approximate surface area is 170 Å². The summed E-state index contributed by atoms with van der Waals surface area (Å²) >= 11 is 13.1. The topological polar surface area (TPSA) is 37.4 Å². The highest BCUT2D eigenvalue weighted by Crippen LogP contribution is 2.41. The first-order valence-corrected chi connectivity index (χ1v) is 9.54. The highest BCUT2D eigenvalue weighted by atomic mass is 35.5. The van der Waals surface area contributed by atoms with Crippen LogP contribution in [0.15, 0.2) is 77.4 Å². The molecule has 0 aromatic heterocycles. The number of nitrogens with zero attached hydrogens (tertiary/aromatic N) is 1. The number of para-hydroxylation sites is 1. The molecule has 27 heavy (non-hydrogen) atoms. The second-order valence-corrected chi connectivity index (χ2v) is 7.28. The van der Waals surface area contributed by atoms with E-state index in [1.807, 2.05) is 25.1 Å². The Kier molecular flexibility index (Phi) is 6.85. The number of anilines is 1. The number of rotatable bonds is 4. The van der Waals surface area contributed by atoms with Gasteiger partial charge in [0.05, 0.1) is 5.03 Å². The third-order valence-electron chi connectivity index (χ3n) is 4.59. The lowest BCUT2D eigenvalue weighted by molar-refractivity contribution is -0.127. The van der Waals surface area contributed by atoms with E-state index in [4.69, 9.17) is 23.2 Å². The van der Waals surface area contributed by atoms with Gasteiger partial charge in [0.1, 0.15) is 0 Å². The van der Waals surface area contributed by atoms with Gasteiger partial charge in [-0.05, 0) is 56.0 Å². The van der Waals surface area contributed by atoms with Crippen LogP contribution in [0.4, 0.5) is 5.69 Å². The molecule has 1 atom stereocenters. The van der Waals surface area contributed by atoms with Gasteiger partial charge in [-0.15, -0.1) is 0 Å². The Morgan fingerprint density at radius 3 is 2.44 bits per heavy atom. The standard InChI is InChI=1S/C22H23Cl2NO2/c1-5-10-18(23)19-15(3)13-14-16(4)22(24,20(19)26)21(27)25(6-2)17-11-8-7-9-12-17/h5,7-12H,3-4,6,13-14H2,1-2H3/b10-5-,19-18-. The number of benzene rings is 1. The average molecular weight is 404 g/mol. The highest BCUT2D eigenvalue weighted by molar-refractivity contribution is 6.53. The molecule has 1 aromatic rings. The number of carbonyl (C=O) groups excluding carboxylic acids is 2. The van der Waals surface area contributed by atoms with Crippen molar-refractivity contribution < 1.29 is 9.59 Å². The molecule has 0 saturated heterocycles. The van der Waals surface area contributed by atoms with Gasteiger partial charge in [-0.25, -0.2) is 0 Å². The van der Waals surface area contributed by atoms with Crippen molar-refractivity contribution in [2.45, 2.75) is 31.6 Å². The molecule has 0 bridgehead atoms. The summed E-state index contributed by atoms with van der Waals surface area (Å²) in [7, 11) is 0. The van der Waals surface area contributed by atoms with Gasteiger partial charge >= 0.3 is 0 Å². The van der Waals surface area contributed by atoms with E-state index in [2.05, 4.69) is 13.2 Å². The van der Waals surface area contributed by atoms with Crippen molar-refractivity contribution in [3.63, 3.8) is 0 Å². The monoisotopic (exact) mass is 403 g/mol. The number of hydrogen-bond donors (Lipinski definition) is 0. The van der Waals surface area contributed by atoms with Crippen molar-refractivity contribution in [1.82, 2.24) is 0 Å². The largest absolute Gasteiger partial charge is 0.310 e. The van der Waals surface area contributed by atoms with Crippen molar-refractivity contribution >= 4 is 40.6 Å². The van der Waals surface area contributed by atoms with Crippen molar-refractivity contribution in [3.8, 4) is 0 Å². The molecule has 1 aliphatic carbocycles. The van der Waals surface area contributed by atoms with Gasteiger partial charge in [0, 0.05) is 17.8 Å². The van der Waals surface area contributed by atoms with Gasteiger partial charge in [0.2, 0.25) is 4.87 Å². The van der Waals surface area contributed by atoms with Gasteiger partial charge in [-0.3, -0.25) is 9.59 Å². The molecule has 1 aliphatic rings. The third kappa shape index (κ3) is 3.95. The number of amides is 1. The van der Waals surface area contributed by atoms with Gasteiger partial charge in [-0.2, -0.15) is 0 Å². The number of carbonyl (C=O) groups is 2. The maximum atomic E-state index is 13.5. The number of alkyl halides is 1. The van der Waals surface area contributed by atoms with E-state index < -0.39 is 16.6 Å². The Morgan fingerprint density at radius 1 is 1.26 bits per heavy atom.